The van der Waals surface area contributed by atoms with Gasteiger partial charge in [0.05, 0.1) is 0 Å². The molecule has 1 aromatic rings. The van der Waals surface area contributed by atoms with Crippen LogP contribution in [0.15, 0.2) is 24.3 Å². The number of carbonyl (C=O) groups is 1. The Morgan fingerprint density at radius 1 is 1.28 bits per heavy atom. The van der Waals surface area contributed by atoms with Crippen LogP contribution in [0, 0.1) is 5.92 Å². The number of amides is 1. The van der Waals surface area contributed by atoms with Crippen LogP contribution in [-0.2, 0) is 0 Å². The summed E-state index contributed by atoms with van der Waals surface area (Å²) in [4.78, 5) is 11.7. The molecule has 0 aromatic heterocycles. The fraction of sp³-hybridized carbons (Fsp3) is 0.533. The number of hydrogen-bond donors (Lipinski definition) is 2. The first-order chi connectivity index (χ1) is 8.52. The molecule has 1 aromatic carbocycles. The summed E-state index contributed by atoms with van der Waals surface area (Å²) in [5.41, 5.74) is 1.71. The quantitative estimate of drug-likeness (QED) is 0.811. The molecule has 1 unspecified atom stereocenters. The standard InChI is InChI=1S/C15H24N2O/c1-5-16-15(18)13-7-6-8-14(10-13)17-12(4)9-11(2)3/h6-8,10-12,17H,5,9H2,1-4H3,(H,16,18). The first-order valence-electron chi connectivity index (χ1n) is 6.67. The highest BCUT2D eigenvalue weighted by molar-refractivity contribution is 5.95. The smallest absolute Gasteiger partial charge is 0.251 e. The van der Waals surface area contributed by atoms with Crippen LogP contribution in [0.2, 0.25) is 0 Å². The van der Waals surface area contributed by atoms with Gasteiger partial charge in [-0.3, -0.25) is 4.79 Å². The lowest BCUT2D eigenvalue weighted by molar-refractivity contribution is 0.0956. The van der Waals surface area contributed by atoms with E-state index in [0.29, 0.717) is 24.1 Å². The molecule has 0 aliphatic carbocycles. The van der Waals surface area contributed by atoms with E-state index in [-0.39, 0.29) is 5.91 Å². The predicted molar refractivity (Wildman–Crippen MR) is 77.0 cm³/mol. The molecule has 0 aliphatic heterocycles. The Morgan fingerprint density at radius 2 is 2.00 bits per heavy atom. The van der Waals surface area contributed by atoms with Crippen LogP contribution >= 0.6 is 0 Å². The molecule has 0 saturated heterocycles. The lowest BCUT2D eigenvalue weighted by Gasteiger charge is -2.17. The van der Waals surface area contributed by atoms with E-state index in [2.05, 4.69) is 31.4 Å². The highest BCUT2D eigenvalue weighted by atomic mass is 16.1. The minimum Gasteiger partial charge on any atom is -0.383 e. The molecule has 0 aliphatic rings. The molecule has 0 saturated carbocycles. The third kappa shape index (κ3) is 4.78. The maximum Gasteiger partial charge on any atom is 0.251 e. The second-order valence-electron chi connectivity index (χ2n) is 5.12. The number of anilines is 1. The van der Waals surface area contributed by atoms with E-state index in [4.69, 9.17) is 0 Å². The molecule has 0 fully saturated rings. The van der Waals surface area contributed by atoms with Crippen molar-refractivity contribution in [2.45, 2.75) is 40.2 Å². The lowest BCUT2D eigenvalue weighted by Crippen LogP contribution is -2.23. The van der Waals surface area contributed by atoms with Crippen LogP contribution in [0.4, 0.5) is 5.69 Å². The van der Waals surface area contributed by atoms with Gasteiger partial charge in [-0.1, -0.05) is 19.9 Å². The Kier molecular flexibility index (Phi) is 5.69. The average molecular weight is 248 g/mol. The van der Waals surface area contributed by atoms with Crippen molar-refractivity contribution in [1.29, 1.82) is 0 Å². The molecule has 0 radical (unpaired) electrons. The minimum absolute atomic E-state index is 0.0161. The van der Waals surface area contributed by atoms with Crippen molar-refractivity contribution in [3.8, 4) is 0 Å². The lowest BCUT2D eigenvalue weighted by atomic mass is 10.0. The molecule has 100 valence electrons. The maximum absolute atomic E-state index is 11.7. The number of rotatable bonds is 6. The Balaban J connectivity index is 2.67. The molecule has 3 nitrogen and oxygen atoms in total. The van der Waals surface area contributed by atoms with Gasteiger partial charge in [-0.05, 0) is 44.4 Å². The van der Waals surface area contributed by atoms with Gasteiger partial charge in [0, 0.05) is 23.8 Å². The summed E-state index contributed by atoms with van der Waals surface area (Å²) in [5.74, 6) is 0.650. The van der Waals surface area contributed by atoms with Crippen molar-refractivity contribution in [3.05, 3.63) is 29.8 Å². The summed E-state index contributed by atoms with van der Waals surface area (Å²) in [6, 6.07) is 8.06. The Labute approximate surface area is 110 Å². The van der Waals surface area contributed by atoms with Crippen LogP contribution in [-0.4, -0.2) is 18.5 Å². The van der Waals surface area contributed by atoms with E-state index in [1.165, 1.54) is 0 Å². The molecule has 3 heteroatoms. The van der Waals surface area contributed by atoms with Gasteiger partial charge < -0.3 is 10.6 Å². The van der Waals surface area contributed by atoms with Gasteiger partial charge in [-0.25, -0.2) is 0 Å². The Morgan fingerprint density at radius 3 is 2.61 bits per heavy atom. The minimum atomic E-state index is -0.0161. The topological polar surface area (TPSA) is 41.1 Å². The first kappa shape index (κ1) is 14.6. The summed E-state index contributed by atoms with van der Waals surface area (Å²) in [6.45, 7) is 9.16. The molecular formula is C15H24N2O. The largest absolute Gasteiger partial charge is 0.383 e. The first-order valence-corrected chi connectivity index (χ1v) is 6.67. The second-order valence-corrected chi connectivity index (χ2v) is 5.12. The highest BCUT2D eigenvalue weighted by Gasteiger charge is 2.07. The van der Waals surface area contributed by atoms with Gasteiger partial charge in [-0.15, -0.1) is 0 Å². The third-order valence-corrected chi connectivity index (χ3v) is 2.70. The van der Waals surface area contributed by atoms with Crippen LogP contribution < -0.4 is 10.6 Å². The van der Waals surface area contributed by atoms with E-state index in [1.807, 2.05) is 31.2 Å². The van der Waals surface area contributed by atoms with E-state index >= 15 is 0 Å². The van der Waals surface area contributed by atoms with Crippen molar-refractivity contribution in [1.82, 2.24) is 5.32 Å². The van der Waals surface area contributed by atoms with Crippen LogP contribution in [0.25, 0.3) is 0 Å². The van der Waals surface area contributed by atoms with Gasteiger partial charge in [0.15, 0.2) is 0 Å². The highest BCUT2D eigenvalue weighted by Crippen LogP contribution is 2.14. The number of nitrogens with one attached hydrogen (secondary N) is 2. The average Bonchev–Trinajstić information content (AvgIpc) is 2.28. The third-order valence-electron chi connectivity index (χ3n) is 2.70. The van der Waals surface area contributed by atoms with Crippen molar-refractivity contribution in [3.63, 3.8) is 0 Å². The summed E-state index contributed by atoms with van der Waals surface area (Å²) < 4.78 is 0. The zero-order chi connectivity index (χ0) is 13.5. The van der Waals surface area contributed by atoms with E-state index < -0.39 is 0 Å². The van der Waals surface area contributed by atoms with Crippen molar-refractivity contribution in [2.24, 2.45) is 5.92 Å². The fourth-order valence-corrected chi connectivity index (χ4v) is 2.06. The number of carbonyl (C=O) groups excluding carboxylic acids is 1. The molecule has 0 spiro atoms. The molecular weight excluding hydrogens is 224 g/mol. The van der Waals surface area contributed by atoms with Gasteiger partial charge in [-0.2, -0.15) is 0 Å². The van der Waals surface area contributed by atoms with Crippen LogP contribution in [0.1, 0.15) is 44.5 Å². The molecule has 2 N–H and O–H groups in total. The second kappa shape index (κ2) is 7.04. The van der Waals surface area contributed by atoms with Gasteiger partial charge in [0.1, 0.15) is 0 Å². The maximum atomic E-state index is 11.7. The Bertz CT molecular complexity index is 388. The SMILES string of the molecule is CCNC(=O)c1cccc(NC(C)CC(C)C)c1. The van der Waals surface area contributed by atoms with Gasteiger partial charge >= 0.3 is 0 Å². The van der Waals surface area contributed by atoms with Crippen molar-refractivity contribution < 1.29 is 4.79 Å². The van der Waals surface area contributed by atoms with Gasteiger partial charge in [0.25, 0.3) is 5.91 Å². The van der Waals surface area contributed by atoms with Crippen molar-refractivity contribution >= 4 is 11.6 Å². The normalized spacial score (nSPS) is 12.3. The Hall–Kier alpha value is -1.51. The number of hydrogen-bond acceptors (Lipinski definition) is 2. The van der Waals surface area contributed by atoms with Crippen LogP contribution in [0.5, 0.6) is 0 Å². The number of benzene rings is 1. The zero-order valence-electron chi connectivity index (χ0n) is 11.8. The van der Waals surface area contributed by atoms with Crippen molar-refractivity contribution in [2.75, 3.05) is 11.9 Å². The predicted octanol–water partition coefficient (Wildman–Crippen LogP) is 3.28. The molecule has 18 heavy (non-hydrogen) atoms. The van der Waals surface area contributed by atoms with E-state index in [0.717, 1.165) is 12.1 Å². The fourth-order valence-electron chi connectivity index (χ4n) is 2.06. The van der Waals surface area contributed by atoms with Crippen LogP contribution in [0.3, 0.4) is 0 Å². The van der Waals surface area contributed by atoms with E-state index in [9.17, 15) is 4.79 Å². The zero-order valence-corrected chi connectivity index (χ0v) is 11.8. The summed E-state index contributed by atoms with van der Waals surface area (Å²) in [6.07, 6.45) is 1.12. The molecule has 0 heterocycles. The van der Waals surface area contributed by atoms with E-state index in [1.54, 1.807) is 0 Å². The molecule has 0 bridgehead atoms. The van der Waals surface area contributed by atoms with Gasteiger partial charge in [0.2, 0.25) is 0 Å². The molecule has 1 atom stereocenters. The summed E-state index contributed by atoms with van der Waals surface area (Å²) in [7, 11) is 0. The summed E-state index contributed by atoms with van der Waals surface area (Å²) >= 11 is 0. The molecule has 1 rings (SSSR count). The monoisotopic (exact) mass is 248 g/mol. The summed E-state index contributed by atoms with van der Waals surface area (Å²) in [5, 5.41) is 6.24. The molecule has 1 amide bonds.